The van der Waals surface area contributed by atoms with Gasteiger partial charge in [0, 0.05) is 6.20 Å². The maximum Gasteiger partial charge on any atom is 0.305 e. The van der Waals surface area contributed by atoms with Gasteiger partial charge < -0.3 is 15.8 Å². The van der Waals surface area contributed by atoms with Gasteiger partial charge in [-0.1, -0.05) is 0 Å². The number of Topliss-reactive ketones (excluding diaryl/α,β-unsaturated/α-hetero) is 1. The molecule has 1 rings (SSSR count). The topological polar surface area (TPSA) is 96.2 Å². The first kappa shape index (κ1) is 9.47. The van der Waals surface area contributed by atoms with Gasteiger partial charge in [-0.2, -0.15) is 0 Å². The number of nitrogens with two attached hydrogens (primary N) is 1. The van der Waals surface area contributed by atoms with Gasteiger partial charge in [0.25, 0.3) is 0 Å². The maximum absolute atomic E-state index is 11.3. The lowest BCUT2D eigenvalue weighted by molar-refractivity contribution is -0.137. The second-order valence-electron chi connectivity index (χ2n) is 2.65. The SMILES string of the molecule is NC(CC(=O)O)C(=O)c1ccc[nH]1. The molecule has 0 amide bonds. The van der Waals surface area contributed by atoms with Crippen LogP contribution in [-0.4, -0.2) is 27.9 Å². The van der Waals surface area contributed by atoms with Crippen molar-refractivity contribution in [2.75, 3.05) is 0 Å². The largest absolute Gasteiger partial charge is 0.481 e. The third-order valence-corrected chi connectivity index (χ3v) is 1.59. The van der Waals surface area contributed by atoms with Gasteiger partial charge in [-0.05, 0) is 12.1 Å². The van der Waals surface area contributed by atoms with E-state index in [1.807, 2.05) is 0 Å². The summed E-state index contributed by atoms with van der Waals surface area (Å²) in [5.74, 6) is -1.46. The minimum Gasteiger partial charge on any atom is -0.481 e. The summed E-state index contributed by atoms with van der Waals surface area (Å²) >= 11 is 0. The van der Waals surface area contributed by atoms with Crippen molar-refractivity contribution in [2.45, 2.75) is 12.5 Å². The standard InChI is InChI=1S/C8H10N2O3/c9-5(4-7(11)12)8(13)6-2-1-3-10-6/h1-3,5,10H,4,9H2,(H,11,12). The van der Waals surface area contributed by atoms with Gasteiger partial charge >= 0.3 is 5.97 Å². The lowest BCUT2D eigenvalue weighted by Gasteiger charge is -2.05. The summed E-state index contributed by atoms with van der Waals surface area (Å²) < 4.78 is 0. The van der Waals surface area contributed by atoms with Gasteiger partial charge in [-0.15, -0.1) is 0 Å². The number of carboxylic acid groups (broad SMARTS) is 1. The molecule has 0 saturated carbocycles. The van der Waals surface area contributed by atoms with E-state index >= 15 is 0 Å². The van der Waals surface area contributed by atoms with Crippen LogP contribution in [0, 0.1) is 0 Å². The van der Waals surface area contributed by atoms with Crippen LogP contribution in [0.4, 0.5) is 0 Å². The van der Waals surface area contributed by atoms with Crippen LogP contribution >= 0.6 is 0 Å². The molecule has 0 radical (unpaired) electrons. The molecule has 0 bridgehead atoms. The zero-order valence-corrected chi connectivity index (χ0v) is 6.86. The number of rotatable bonds is 4. The summed E-state index contributed by atoms with van der Waals surface area (Å²) in [4.78, 5) is 24.2. The Bertz CT molecular complexity index is 305. The monoisotopic (exact) mass is 182 g/mol. The molecule has 0 saturated heterocycles. The Hall–Kier alpha value is -1.62. The Kier molecular flexibility index (Phi) is 2.81. The number of hydrogen-bond donors (Lipinski definition) is 3. The highest BCUT2D eigenvalue weighted by molar-refractivity contribution is 6.00. The van der Waals surface area contributed by atoms with E-state index in [-0.39, 0.29) is 12.2 Å². The van der Waals surface area contributed by atoms with E-state index in [1.54, 1.807) is 18.3 Å². The first-order valence-electron chi connectivity index (χ1n) is 3.76. The maximum atomic E-state index is 11.3. The van der Waals surface area contributed by atoms with Crippen molar-refractivity contribution in [1.82, 2.24) is 4.98 Å². The molecule has 1 aromatic rings. The number of aromatic amines is 1. The molecule has 5 nitrogen and oxygen atoms in total. The molecule has 70 valence electrons. The number of carboxylic acids is 1. The van der Waals surface area contributed by atoms with E-state index in [0.29, 0.717) is 5.69 Å². The van der Waals surface area contributed by atoms with Crippen LogP contribution in [0.25, 0.3) is 0 Å². The number of H-pyrrole nitrogens is 1. The van der Waals surface area contributed by atoms with Crippen molar-refractivity contribution < 1.29 is 14.7 Å². The minimum atomic E-state index is -1.08. The Labute approximate surface area is 74.6 Å². The molecular weight excluding hydrogens is 172 g/mol. The number of carbonyl (C=O) groups excluding carboxylic acids is 1. The number of hydrogen-bond acceptors (Lipinski definition) is 3. The number of ketones is 1. The molecular formula is C8H10N2O3. The zero-order chi connectivity index (χ0) is 9.84. The first-order valence-corrected chi connectivity index (χ1v) is 3.76. The molecule has 0 aliphatic rings. The van der Waals surface area contributed by atoms with Crippen molar-refractivity contribution in [3.63, 3.8) is 0 Å². The van der Waals surface area contributed by atoms with Crippen molar-refractivity contribution >= 4 is 11.8 Å². The van der Waals surface area contributed by atoms with Crippen molar-refractivity contribution in [3.8, 4) is 0 Å². The molecule has 1 heterocycles. The summed E-state index contributed by atoms with van der Waals surface area (Å²) in [6.45, 7) is 0. The Morgan fingerprint density at radius 2 is 2.31 bits per heavy atom. The Morgan fingerprint density at radius 1 is 1.62 bits per heavy atom. The fraction of sp³-hybridized carbons (Fsp3) is 0.250. The third kappa shape index (κ3) is 2.41. The van der Waals surface area contributed by atoms with Gasteiger partial charge in [0.05, 0.1) is 18.2 Å². The molecule has 1 atom stereocenters. The fourth-order valence-electron chi connectivity index (χ4n) is 0.964. The quantitative estimate of drug-likeness (QED) is 0.571. The molecule has 0 aliphatic heterocycles. The third-order valence-electron chi connectivity index (χ3n) is 1.59. The summed E-state index contributed by atoms with van der Waals surface area (Å²) in [6.07, 6.45) is 1.23. The van der Waals surface area contributed by atoms with E-state index in [2.05, 4.69) is 4.98 Å². The minimum absolute atomic E-state index is 0.341. The first-order chi connectivity index (χ1) is 6.11. The van der Waals surface area contributed by atoms with Crippen LogP contribution in [0.3, 0.4) is 0 Å². The van der Waals surface area contributed by atoms with E-state index < -0.39 is 12.0 Å². The average Bonchev–Trinajstić information content (AvgIpc) is 2.53. The summed E-state index contributed by atoms with van der Waals surface area (Å²) in [5.41, 5.74) is 5.70. The molecule has 4 N–H and O–H groups in total. The van der Waals surface area contributed by atoms with E-state index in [9.17, 15) is 9.59 Å². The summed E-state index contributed by atoms with van der Waals surface area (Å²) in [7, 11) is 0. The van der Waals surface area contributed by atoms with Gasteiger partial charge in [0.2, 0.25) is 0 Å². The van der Waals surface area contributed by atoms with E-state index in [4.69, 9.17) is 10.8 Å². The Morgan fingerprint density at radius 3 is 2.77 bits per heavy atom. The summed E-state index contributed by atoms with van der Waals surface area (Å²) in [5, 5.41) is 8.39. The molecule has 0 fully saturated rings. The van der Waals surface area contributed by atoms with Gasteiger partial charge in [-0.25, -0.2) is 0 Å². The summed E-state index contributed by atoms with van der Waals surface area (Å²) in [6, 6.07) is 2.24. The van der Waals surface area contributed by atoms with Crippen LogP contribution in [0.1, 0.15) is 16.9 Å². The van der Waals surface area contributed by atoms with Crippen LogP contribution in [-0.2, 0) is 4.79 Å². The van der Waals surface area contributed by atoms with Crippen LogP contribution < -0.4 is 5.73 Å². The number of nitrogens with one attached hydrogen (secondary N) is 1. The Balaban J connectivity index is 2.63. The second kappa shape index (κ2) is 3.86. The zero-order valence-electron chi connectivity index (χ0n) is 6.86. The normalized spacial score (nSPS) is 12.4. The van der Waals surface area contributed by atoms with Crippen molar-refractivity contribution in [1.29, 1.82) is 0 Å². The molecule has 0 aliphatic carbocycles. The van der Waals surface area contributed by atoms with E-state index in [0.717, 1.165) is 0 Å². The molecule has 0 aromatic carbocycles. The predicted molar refractivity (Wildman–Crippen MR) is 45.4 cm³/mol. The lowest BCUT2D eigenvalue weighted by Crippen LogP contribution is -2.33. The van der Waals surface area contributed by atoms with Crippen molar-refractivity contribution in [2.24, 2.45) is 5.73 Å². The van der Waals surface area contributed by atoms with Crippen LogP contribution in [0.15, 0.2) is 18.3 Å². The average molecular weight is 182 g/mol. The van der Waals surface area contributed by atoms with Crippen LogP contribution in [0.2, 0.25) is 0 Å². The fourth-order valence-corrected chi connectivity index (χ4v) is 0.964. The second-order valence-corrected chi connectivity index (χ2v) is 2.65. The molecule has 1 aromatic heterocycles. The highest BCUT2D eigenvalue weighted by Crippen LogP contribution is 2.01. The number of aromatic nitrogens is 1. The van der Waals surface area contributed by atoms with Crippen molar-refractivity contribution in [3.05, 3.63) is 24.0 Å². The van der Waals surface area contributed by atoms with Crippen LogP contribution in [0.5, 0.6) is 0 Å². The van der Waals surface area contributed by atoms with Gasteiger partial charge in [-0.3, -0.25) is 9.59 Å². The predicted octanol–water partition coefficient (Wildman–Crippen LogP) is -0.000600. The van der Waals surface area contributed by atoms with Gasteiger partial charge in [0.15, 0.2) is 5.78 Å². The van der Waals surface area contributed by atoms with E-state index in [1.165, 1.54) is 0 Å². The number of carbonyl (C=O) groups is 2. The smallest absolute Gasteiger partial charge is 0.305 e. The molecule has 5 heteroatoms. The molecule has 1 unspecified atom stereocenters. The number of aliphatic carboxylic acids is 1. The highest BCUT2D eigenvalue weighted by Gasteiger charge is 2.18. The molecule has 13 heavy (non-hydrogen) atoms. The lowest BCUT2D eigenvalue weighted by atomic mass is 10.1. The molecule has 0 spiro atoms. The highest BCUT2D eigenvalue weighted by atomic mass is 16.4. The van der Waals surface area contributed by atoms with Gasteiger partial charge in [0.1, 0.15) is 0 Å².